The van der Waals surface area contributed by atoms with Gasteiger partial charge in [-0.15, -0.1) is 0 Å². The number of carbonyl (C=O) groups is 1. The summed E-state index contributed by atoms with van der Waals surface area (Å²) in [4.78, 5) is 12.2. The zero-order valence-electron chi connectivity index (χ0n) is 11.5. The Morgan fingerprint density at radius 3 is 2.20 bits per heavy atom. The Kier molecular flexibility index (Phi) is 4.04. The zero-order chi connectivity index (χ0) is 14.8. The number of benzene rings is 2. The zero-order valence-corrected chi connectivity index (χ0v) is 12.3. The molecule has 2 aromatic carbocycles. The van der Waals surface area contributed by atoms with Crippen molar-refractivity contribution in [2.24, 2.45) is 0 Å². The molecule has 0 unspecified atom stereocenters. The summed E-state index contributed by atoms with van der Waals surface area (Å²) in [6, 6.07) is 13.0. The van der Waals surface area contributed by atoms with E-state index < -0.39 is 9.84 Å². The highest BCUT2D eigenvalue weighted by molar-refractivity contribution is 7.91. The molecule has 3 nitrogen and oxygen atoms in total. The molecule has 20 heavy (non-hydrogen) atoms. The molecule has 0 aliphatic heterocycles. The number of hydrogen-bond acceptors (Lipinski definition) is 3. The van der Waals surface area contributed by atoms with E-state index in [-0.39, 0.29) is 27.6 Å². The largest absolute Gasteiger partial charge is 0.294 e. The molecule has 0 radical (unpaired) electrons. The normalized spacial score (nSPS) is 11.3. The topological polar surface area (TPSA) is 51.2 Å². The average molecular weight is 288 g/mol. The van der Waals surface area contributed by atoms with E-state index in [9.17, 15) is 13.2 Å². The van der Waals surface area contributed by atoms with Gasteiger partial charge in [0.05, 0.1) is 9.79 Å². The van der Waals surface area contributed by atoms with Gasteiger partial charge >= 0.3 is 0 Å². The highest BCUT2D eigenvalue weighted by atomic mass is 32.2. The fraction of sp³-hybridized carbons (Fsp3) is 0.188. The van der Waals surface area contributed by atoms with Gasteiger partial charge in [0.15, 0.2) is 5.78 Å². The first-order valence-electron chi connectivity index (χ1n) is 6.41. The molecule has 104 valence electrons. The summed E-state index contributed by atoms with van der Waals surface area (Å²) in [5.74, 6) is -0.170. The molecule has 0 N–H and O–H groups in total. The average Bonchev–Trinajstić information content (AvgIpc) is 2.47. The van der Waals surface area contributed by atoms with Gasteiger partial charge in [0.25, 0.3) is 0 Å². The van der Waals surface area contributed by atoms with Crippen molar-refractivity contribution in [3.8, 4) is 0 Å². The van der Waals surface area contributed by atoms with Gasteiger partial charge in [-0.1, -0.05) is 42.8 Å². The minimum absolute atomic E-state index is 0.0794. The molecule has 0 saturated carbocycles. The van der Waals surface area contributed by atoms with Crippen LogP contribution in [0.25, 0.3) is 0 Å². The molecule has 0 aliphatic carbocycles. The number of rotatable bonds is 4. The first-order chi connectivity index (χ1) is 9.46. The van der Waals surface area contributed by atoms with Crippen LogP contribution in [0.5, 0.6) is 0 Å². The third-order valence-corrected chi connectivity index (χ3v) is 4.96. The first kappa shape index (κ1) is 14.5. The Hall–Kier alpha value is -1.94. The van der Waals surface area contributed by atoms with Crippen LogP contribution in [0, 0.1) is 6.92 Å². The summed E-state index contributed by atoms with van der Waals surface area (Å²) in [7, 11) is -3.66. The Labute approximate surface area is 119 Å². The highest BCUT2D eigenvalue weighted by Crippen LogP contribution is 2.25. The van der Waals surface area contributed by atoms with Crippen molar-refractivity contribution in [1.82, 2.24) is 0 Å². The molecule has 0 atom stereocenters. The van der Waals surface area contributed by atoms with Gasteiger partial charge in [-0.05, 0) is 25.1 Å². The number of Topliss-reactive ketones (excluding diaryl/α,β-unsaturated/α-hetero) is 1. The van der Waals surface area contributed by atoms with Crippen molar-refractivity contribution in [2.75, 3.05) is 0 Å². The number of sulfone groups is 1. The van der Waals surface area contributed by atoms with Gasteiger partial charge in [0.1, 0.15) is 0 Å². The van der Waals surface area contributed by atoms with Crippen LogP contribution >= 0.6 is 0 Å². The van der Waals surface area contributed by atoms with Crippen LogP contribution < -0.4 is 0 Å². The molecule has 2 rings (SSSR count). The smallest absolute Gasteiger partial charge is 0.207 e. The second-order valence-electron chi connectivity index (χ2n) is 4.59. The van der Waals surface area contributed by atoms with E-state index in [1.54, 1.807) is 49.4 Å². The number of ketones is 1. The van der Waals surface area contributed by atoms with Gasteiger partial charge in [0, 0.05) is 12.0 Å². The van der Waals surface area contributed by atoms with E-state index in [0.717, 1.165) is 5.56 Å². The van der Waals surface area contributed by atoms with Crippen molar-refractivity contribution in [1.29, 1.82) is 0 Å². The molecule has 0 saturated heterocycles. The number of aryl methyl sites for hydroxylation is 1. The van der Waals surface area contributed by atoms with Crippen LogP contribution in [0.3, 0.4) is 0 Å². The van der Waals surface area contributed by atoms with Crippen LogP contribution in [0.15, 0.2) is 58.3 Å². The summed E-state index contributed by atoms with van der Waals surface area (Å²) in [6.07, 6.45) is 0.278. The third kappa shape index (κ3) is 2.65. The third-order valence-electron chi connectivity index (χ3n) is 3.13. The van der Waals surface area contributed by atoms with Crippen molar-refractivity contribution < 1.29 is 13.2 Å². The predicted octanol–water partition coefficient (Wildman–Crippen LogP) is 3.42. The van der Waals surface area contributed by atoms with Crippen molar-refractivity contribution in [3.63, 3.8) is 0 Å². The van der Waals surface area contributed by atoms with E-state index in [1.165, 1.54) is 6.07 Å². The van der Waals surface area contributed by atoms with Crippen LogP contribution in [-0.2, 0) is 9.84 Å². The molecule has 4 heteroatoms. The lowest BCUT2D eigenvalue weighted by molar-refractivity contribution is 0.0985. The molecular weight excluding hydrogens is 272 g/mol. The monoisotopic (exact) mass is 288 g/mol. The molecule has 0 fully saturated rings. The first-order valence-corrected chi connectivity index (χ1v) is 7.89. The predicted molar refractivity (Wildman–Crippen MR) is 77.7 cm³/mol. The number of hydrogen-bond donors (Lipinski definition) is 0. The van der Waals surface area contributed by atoms with E-state index >= 15 is 0 Å². The Morgan fingerprint density at radius 1 is 1.00 bits per heavy atom. The van der Waals surface area contributed by atoms with Crippen LogP contribution in [0.1, 0.15) is 29.3 Å². The Bertz CT molecular complexity index is 729. The van der Waals surface area contributed by atoms with Gasteiger partial charge in [-0.3, -0.25) is 4.79 Å². The summed E-state index contributed by atoms with van der Waals surface area (Å²) in [5, 5.41) is 0. The lowest BCUT2D eigenvalue weighted by Gasteiger charge is -2.09. The molecule has 0 amide bonds. The molecule has 0 spiro atoms. The fourth-order valence-corrected chi connectivity index (χ4v) is 3.44. The van der Waals surface area contributed by atoms with Crippen LogP contribution in [0.4, 0.5) is 0 Å². The molecule has 0 aromatic heterocycles. The van der Waals surface area contributed by atoms with Gasteiger partial charge < -0.3 is 0 Å². The van der Waals surface area contributed by atoms with Crippen LogP contribution in [0.2, 0.25) is 0 Å². The SMILES string of the molecule is CCC(=O)c1ccccc1S(=O)(=O)c1ccc(C)cc1. The Balaban J connectivity index is 2.61. The standard InChI is InChI=1S/C16H16O3S/c1-3-15(17)14-6-4-5-7-16(14)20(18,19)13-10-8-12(2)9-11-13/h4-11H,3H2,1-2H3. The van der Waals surface area contributed by atoms with Gasteiger partial charge in [0.2, 0.25) is 9.84 Å². The highest BCUT2D eigenvalue weighted by Gasteiger charge is 2.23. The van der Waals surface area contributed by atoms with Gasteiger partial charge in [-0.2, -0.15) is 0 Å². The molecule has 0 heterocycles. The molecular formula is C16H16O3S. The van der Waals surface area contributed by atoms with E-state index in [1.807, 2.05) is 6.92 Å². The van der Waals surface area contributed by atoms with Crippen LogP contribution in [-0.4, -0.2) is 14.2 Å². The van der Waals surface area contributed by atoms with E-state index in [4.69, 9.17) is 0 Å². The van der Waals surface area contributed by atoms with Gasteiger partial charge in [-0.25, -0.2) is 8.42 Å². The Morgan fingerprint density at radius 2 is 1.60 bits per heavy atom. The fourth-order valence-electron chi connectivity index (χ4n) is 1.97. The minimum Gasteiger partial charge on any atom is -0.294 e. The molecule has 0 bridgehead atoms. The van der Waals surface area contributed by atoms with Crippen molar-refractivity contribution >= 4 is 15.6 Å². The maximum absolute atomic E-state index is 12.6. The van der Waals surface area contributed by atoms with E-state index in [0.29, 0.717) is 0 Å². The number of carbonyl (C=O) groups excluding carboxylic acids is 1. The van der Waals surface area contributed by atoms with Crippen molar-refractivity contribution in [2.45, 2.75) is 30.1 Å². The maximum Gasteiger partial charge on any atom is 0.207 e. The summed E-state index contributed by atoms with van der Waals surface area (Å²) >= 11 is 0. The quantitative estimate of drug-likeness (QED) is 0.810. The summed E-state index contributed by atoms with van der Waals surface area (Å²) in [6.45, 7) is 3.61. The second kappa shape index (κ2) is 5.59. The lowest BCUT2D eigenvalue weighted by Crippen LogP contribution is -2.09. The van der Waals surface area contributed by atoms with Crippen molar-refractivity contribution in [3.05, 3.63) is 59.7 Å². The molecule has 2 aromatic rings. The maximum atomic E-state index is 12.6. The molecule has 0 aliphatic rings. The second-order valence-corrected chi connectivity index (χ2v) is 6.51. The lowest BCUT2D eigenvalue weighted by atomic mass is 10.1. The summed E-state index contributed by atoms with van der Waals surface area (Å²) < 4.78 is 25.3. The van der Waals surface area contributed by atoms with E-state index in [2.05, 4.69) is 0 Å². The minimum atomic E-state index is -3.66. The summed E-state index contributed by atoms with van der Waals surface area (Å²) in [5.41, 5.74) is 1.25.